The molecule has 0 aliphatic heterocycles. The number of nitrogens with zero attached hydrogens (tertiary/aromatic N) is 1. The standard InChI is InChI=1S/C16H24F3N3O.HI/c1-12(2)8-9-21-15(20-3)22-10-13-4-6-14(7-5-13)23-11-16(17,18)19;/h4-7,12H,8-11H2,1-3H3,(H2,20,21,22);1H. The third-order valence-electron chi connectivity index (χ3n) is 3.02. The maximum absolute atomic E-state index is 12.1. The molecule has 2 N–H and O–H groups in total. The highest BCUT2D eigenvalue weighted by molar-refractivity contribution is 14.0. The Balaban J connectivity index is 0.00000529. The molecule has 0 aliphatic rings. The zero-order valence-corrected chi connectivity index (χ0v) is 16.4. The molecule has 0 saturated carbocycles. The number of alkyl halides is 3. The van der Waals surface area contributed by atoms with Gasteiger partial charge in [-0.05, 0) is 30.0 Å². The fourth-order valence-electron chi connectivity index (χ4n) is 1.75. The van der Waals surface area contributed by atoms with E-state index in [1.165, 1.54) is 12.1 Å². The molecule has 0 fully saturated rings. The lowest BCUT2D eigenvalue weighted by Crippen LogP contribution is -2.37. The van der Waals surface area contributed by atoms with Crippen LogP contribution in [0.25, 0.3) is 0 Å². The highest BCUT2D eigenvalue weighted by Crippen LogP contribution is 2.18. The Kier molecular flexibility index (Phi) is 10.8. The first-order chi connectivity index (χ1) is 10.8. The maximum Gasteiger partial charge on any atom is 0.422 e. The summed E-state index contributed by atoms with van der Waals surface area (Å²) in [6.07, 6.45) is -3.28. The predicted octanol–water partition coefficient (Wildman–Crippen LogP) is 3.96. The Labute approximate surface area is 158 Å². The van der Waals surface area contributed by atoms with Crippen LogP contribution in [0.2, 0.25) is 0 Å². The van der Waals surface area contributed by atoms with Gasteiger partial charge in [-0.2, -0.15) is 13.2 Å². The van der Waals surface area contributed by atoms with E-state index >= 15 is 0 Å². The molecule has 24 heavy (non-hydrogen) atoms. The van der Waals surface area contributed by atoms with Gasteiger partial charge in [0.05, 0.1) is 0 Å². The van der Waals surface area contributed by atoms with E-state index in [2.05, 4.69) is 34.2 Å². The van der Waals surface area contributed by atoms with Gasteiger partial charge in [-0.25, -0.2) is 0 Å². The number of hydrogen-bond donors (Lipinski definition) is 2. The lowest BCUT2D eigenvalue weighted by molar-refractivity contribution is -0.153. The van der Waals surface area contributed by atoms with Crippen LogP contribution in [-0.2, 0) is 6.54 Å². The zero-order chi connectivity index (χ0) is 17.3. The summed E-state index contributed by atoms with van der Waals surface area (Å²) in [5, 5.41) is 6.36. The van der Waals surface area contributed by atoms with Gasteiger partial charge in [-0.3, -0.25) is 4.99 Å². The number of benzene rings is 1. The number of rotatable bonds is 7. The number of guanidine groups is 1. The third-order valence-corrected chi connectivity index (χ3v) is 3.02. The molecule has 1 aromatic carbocycles. The van der Waals surface area contributed by atoms with Crippen LogP contribution in [0, 0.1) is 5.92 Å². The van der Waals surface area contributed by atoms with Crippen molar-refractivity contribution in [1.82, 2.24) is 10.6 Å². The quantitative estimate of drug-likeness (QED) is 0.369. The molecule has 0 heterocycles. The Morgan fingerprint density at radius 1 is 1.17 bits per heavy atom. The molecule has 4 nitrogen and oxygen atoms in total. The van der Waals surface area contributed by atoms with Gasteiger partial charge in [-0.1, -0.05) is 26.0 Å². The van der Waals surface area contributed by atoms with Gasteiger partial charge in [0.15, 0.2) is 12.6 Å². The van der Waals surface area contributed by atoms with Crippen LogP contribution < -0.4 is 15.4 Å². The Morgan fingerprint density at radius 2 is 1.79 bits per heavy atom. The Bertz CT molecular complexity index is 490. The van der Waals surface area contributed by atoms with E-state index in [9.17, 15) is 13.2 Å². The minimum atomic E-state index is -4.33. The van der Waals surface area contributed by atoms with Gasteiger partial charge >= 0.3 is 6.18 Å². The van der Waals surface area contributed by atoms with Gasteiger partial charge in [-0.15, -0.1) is 24.0 Å². The number of ether oxygens (including phenoxy) is 1. The van der Waals surface area contributed by atoms with Gasteiger partial charge in [0.25, 0.3) is 0 Å². The van der Waals surface area contributed by atoms with E-state index in [-0.39, 0.29) is 29.7 Å². The Hall–Kier alpha value is -1.19. The van der Waals surface area contributed by atoms with Crippen molar-refractivity contribution < 1.29 is 17.9 Å². The summed E-state index contributed by atoms with van der Waals surface area (Å²) in [4.78, 5) is 4.12. The molecular formula is C16H25F3IN3O. The summed E-state index contributed by atoms with van der Waals surface area (Å²) in [5.41, 5.74) is 0.927. The van der Waals surface area contributed by atoms with Gasteiger partial charge in [0.1, 0.15) is 5.75 Å². The van der Waals surface area contributed by atoms with Crippen molar-refractivity contribution in [2.75, 3.05) is 20.2 Å². The average Bonchev–Trinajstić information content (AvgIpc) is 2.48. The monoisotopic (exact) mass is 459 g/mol. The van der Waals surface area contributed by atoms with E-state index in [4.69, 9.17) is 0 Å². The number of aliphatic imine (C=N–C) groups is 1. The molecule has 0 aromatic heterocycles. The molecule has 138 valence electrons. The molecule has 1 rings (SSSR count). The number of hydrogen-bond acceptors (Lipinski definition) is 2. The molecule has 1 aromatic rings. The first-order valence-corrected chi connectivity index (χ1v) is 7.53. The van der Waals surface area contributed by atoms with Crippen LogP contribution in [0.3, 0.4) is 0 Å². The molecule has 8 heteroatoms. The van der Waals surface area contributed by atoms with Gasteiger partial charge in [0, 0.05) is 20.1 Å². The van der Waals surface area contributed by atoms with Crippen molar-refractivity contribution in [2.45, 2.75) is 33.0 Å². The molecule has 0 aliphatic carbocycles. The second-order valence-electron chi connectivity index (χ2n) is 5.58. The molecule has 0 spiro atoms. The van der Waals surface area contributed by atoms with E-state index < -0.39 is 12.8 Å². The highest BCUT2D eigenvalue weighted by atomic mass is 127. The predicted molar refractivity (Wildman–Crippen MR) is 101 cm³/mol. The smallest absolute Gasteiger partial charge is 0.422 e. The van der Waals surface area contributed by atoms with E-state index in [1.807, 2.05) is 0 Å². The topological polar surface area (TPSA) is 45.7 Å². The molecule has 0 saturated heterocycles. The lowest BCUT2D eigenvalue weighted by Gasteiger charge is -2.13. The van der Waals surface area contributed by atoms with Crippen molar-refractivity contribution in [3.05, 3.63) is 29.8 Å². The average molecular weight is 459 g/mol. The fourth-order valence-corrected chi connectivity index (χ4v) is 1.75. The van der Waals surface area contributed by atoms with Crippen LogP contribution in [0.5, 0.6) is 5.75 Å². The number of nitrogens with one attached hydrogen (secondary N) is 2. The zero-order valence-electron chi connectivity index (χ0n) is 14.1. The highest BCUT2D eigenvalue weighted by Gasteiger charge is 2.28. The van der Waals surface area contributed by atoms with Gasteiger partial charge < -0.3 is 15.4 Å². The number of halogens is 4. The largest absolute Gasteiger partial charge is 0.484 e. The molecule has 0 radical (unpaired) electrons. The summed E-state index contributed by atoms with van der Waals surface area (Å²) >= 11 is 0. The summed E-state index contributed by atoms with van der Waals surface area (Å²) in [5.74, 6) is 1.51. The SMILES string of the molecule is CN=C(NCCC(C)C)NCc1ccc(OCC(F)(F)F)cc1.I. The first kappa shape index (κ1) is 22.8. The van der Waals surface area contributed by atoms with Gasteiger partial charge in [0.2, 0.25) is 0 Å². The van der Waals surface area contributed by atoms with E-state index in [0.29, 0.717) is 18.4 Å². The van der Waals surface area contributed by atoms with Crippen molar-refractivity contribution in [3.63, 3.8) is 0 Å². The molecule has 0 bridgehead atoms. The third kappa shape index (κ3) is 10.6. The fraction of sp³-hybridized carbons (Fsp3) is 0.562. The summed E-state index contributed by atoms with van der Waals surface area (Å²) in [6, 6.07) is 6.50. The molecule has 0 atom stereocenters. The molecule has 0 amide bonds. The van der Waals surface area contributed by atoms with Crippen molar-refractivity contribution in [2.24, 2.45) is 10.9 Å². The second kappa shape index (κ2) is 11.4. The van der Waals surface area contributed by atoms with Crippen molar-refractivity contribution in [1.29, 1.82) is 0 Å². The first-order valence-electron chi connectivity index (χ1n) is 7.53. The summed E-state index contributed by atoms with van der Waals surface area (Å²) in [6.45, 7) is 4.39. The summed E-state index contributed by atoms with van der Waals surface area (Å²) in [7, 11) is 1.69. The normalized spacial score (nSPS) is 11.9. The van der Waals surface area contributed by atoms with Crippen LogP contribution in [-0.4, -0.2) is 32.3 Å². The van der Waals surface area contributed by atoms with Crippen LogP contribution >= 0.6 is 24.0 Å². The molecule has 0 unspecified atom stereocenters. The van der Waals surface area contributed by atoms with Crippen LogP contribution in [0.1, 0.15) is 25.8 Å². The van der Waals surface area contributed by atoms with Crippen LogP contribution in [0.4, 0.5) is 13.2 Å². The maximum atomic E-state index is 12.1. The second-order valence-corrected chi connectivity index (χ2v) is 5.58. The van der Waals surface area contributed by atoms with Crippen molar-refractivity contribution in [3.8, 4) is 5.75 Å². The lowest BCUT2D eigenvalue weighted by atomic mass is 10.1. The van der Waals surface area contributed by atoms with E-state index in [0.717, 1.165) is 18.5 Å². The summed E-state index contributed by atoms with van der Waals surface area (Å²) < 4.78 is 40.9. The Morgan fingerprint density at radius 3 is 2.29 bits per heavy atom. The minimum Gasteiger partial charge on any atom is -0.484 e. The minimum absolute atomic E-state index is 0. The van der Waals surface area contributed by atoms with Crippen molar-refractivity contribution >= 4 is 29.9 Å². The van der Waals surface area contributed by atoms with Crippen LogP contribution in [0.15, 0.2) is 29.3 Å². The van der Waals surface area contributed by atoms with E-state index in [1.54, 1.807) is 19.2 Å². The molecular weight excluding hydrogens is 434 g/mol.